The fourth-order valence-corrected chi connectivity index (χ4v) is 5.44. The van der Waals surface area contributed by atoms with Gasteiger partial charge in [-0.05, 0) is 81.5 Å². The van der Waals surface area contributed by atoms with Crippen molar-refractivity contribution in [2.75, 3.05) is 7.11 Å². The zero-order valence-electron chi connectivity index (χ0n) is 20.1. The summed E-state index contributed by atoms with van der Waals surface area (Å²) in [5, 5.41) is 0. The van der Waals surface area contributed by atoms with E-state index in [2.05, 4.69) is 0 Å². The van der Waals surface area contributed by atoms with Crippen LogP contribution in [0.1, 0.15) is 66.8 Å². The van der Waals surface area contributed by atoms with Crippen molar-refractivity contribution in [3.8, 4) is 17.1 Å². The first-order chi connectivity index (χ1) is 16.2. The molecule has 2 atom stereocenters. The van der Waals surface area contributed by atoms with Gasteiger partial charge in [-0.1, -0.05) is 24.3 Å². The molecule has 2 aliphatic rings. The van der Waals surface area contributed by atoms with Crippen molar-refractivity contribution in [2.45, 2.75) is 58.0 Å². The van der Waals surface area contributed by atoms with Gasteiger partial charge in [0.2, 0.25) is 0 Å². The van der Waals surface area contributed by atoms with Crippen LogP contribution in [0.3, 0.4) is 0 Å². The zero-order chi connectivity index (χ0) is 24.1. The lowest BCUT2D eigenvalue weighted by Crippen LogP contribution is -2.47. The molecule has 2 aromatic carbocycles. The van der Waals surface area contributed by atoms with Crippen LogP contribution in [-0.2, 0) is 22.4 Å². The van der Waals surface area contributed by atoms with Gasteiger partial charge in [-0.3, -0.25) is 9.59 Å². The first kappa shape index (κ1) is 22.5. The van der Waals surface area contributed by atoms with Crippen molar-refractivity contribution in [1.29, 1.82) is 0 Å². The Morgan fingerprint density at radius 1 is 1.09 bits per heavy atom. The monoisotopic (exact) mass is 458 g/mol. The second kappa shape index (κ2) is 8.15. The zero-order valence-corrected chi connectivity index (χ0v) is 20.1. The quantitative estimate of drug-likeness (QED) is 0.347. The van der Waals surface area contributed by atoms with Gasteiger partial charge in [0.05, 0.1) is 7.11 Å². The average molecular weight is 459 g/mol. The molecule has 5 heteroatoms. The molecule has 1 heterocycles. The summed E-state index contributed by atoms with van der Waals surface area (Å²) in [6.45, 7) is 5.53. The van der Waals surface area contributed by atoms with Crippen molar-refractivity contribution in [3.05, 3.63) is 77.0 Å². The van der Waals surface area contributed by atoms with Gasteiger partial charge in [0.25, 0.3) is 0 Å². The number of rotatable bonds is 4. The number of hydrogen-bond acceptors (Lipinski definition) is 5. The molecule has 0 spiro atoms. The Hall–Kier alpha value is -3.34. The average Bonchev–Trinajstić information content (AvgIpc) is 3.38. The molecule has 0 N–H and O–H groups in total. The lowest BCUT2D eigenvalue weighted by molar-refractivity contribution is -0.165. The molecule has 0 aliphatic heterocycles. The molecule has 2 aliphatic carbocycles. The van der Waals surface area contributed by atoms with Gasteiger partial charge in [0.15, 0.2) is 5.78 Å². The molecule has 0 saturated heterocycles. The molecule has 0 fully saturated rings. The minimum absolute atomic E-state index is 0.137. The number of furan rings is 1. The minimum Gasteiger partial charge on any atom is -0.497 e. The van der Waals surface area contributed by atoms with E-state index >= 15 is 0 Å². The number of hydrogen-bond donors (Lipinski definition) is 0. The number of fused-ring (bicyclic) bond motifs is 2. The Morgan fingerprint density at radius 2 is 1.82 bits per heavy atom. The summed E-state index contributed by atoms with van der Waals surface area (Å²) in [6.07, 6.45) is 2.71. The van der Waals surface area contributed by atoms with Crippen LogP contribution in [0.2, 0.25) is 0 Å². The molecule has 0 unspecified atom stereocenters. The van der Waals surface area contributed by atoms with E-state index in [0.717, 1.165) is 53.2 Å². The van der Waals surface area contributed by atoms with Gasteiger partial charge in [-0.25, -0.2) is 0 Å². The maximum Gasteiger partial charge on any atom is 0.321 e. The fraction of sp³-hybridized carbons (Fsp3) is 0.379. The Kier molecular flexibility index (Phi) is 5.38. The van der Waals surface area contributed by atoms with Crippen molar-refractivity contribution in [2.24, 2.45) is 5.41 Å². The Morgan fingerprint density at radius 3 is 2.50 bits per heavy atom. The van der Waals surface area contributed by atoms with E-state index in [-0.39, 0.29) is 11.7 Å². The number of benzene rings is 2. The lowest BCUT2D eigenvalue weighted by Gasteiger charge is -2.38. The van der Waals surface area contributed by atoms with E-state index in [0.29, 0.717) is 12.0 Å². The summed E-state index contributed by atoms with van der Waals surface area (Å²) in [4.78, 5) is 27.8. The SMILES string of the molecule is COc1ccc(-c2cc3c(o2)CCC[C@H]3[C@@]2(C(=O)OC(C)(C)C)Cc3ccccc3C2=O)cc1. The summed E-state index contributed by atoms with van der Waals surface area (Å²) >= 11 is 0. The first-order valence-electron chi connectivity index (χ1n) is 11.9. The molecule has 5 nitrogen and oxygen atoms in total. The largest absolute Gasteiger partial charge is 0.497 e. The van der Waals surface area contributed by atoms with Gasteiger partial charge in [-0.15, -0.1) is 0 Å². The smallest absolute Gasteiger partial charge is 0.321 e. The van der Waals surface area contributed by atoms with Crippen molar-refractivity contribution >= 4 is 11.8 Å². The third-order valence-corrected chi connectivity index (χ3v) is 6.98. The molecule has 176 valence electrons. The maximum atomic E-state index is 14.0. The van der Waals surface area contributed by atoms with Crippen LogP contribution in [0.5, 0.6) is 5.75 Å². The van der Waals surface area contributed by atoms with Gasteiger partial charge < -0.3 is 13.9 Å². The summed E-state index contributed by atoms with van der Waals surface area (Å²) in [5.74, 6) is 1.49. The number of methoxy groups -OCH3 is 1. The highest BCUT2D eigenvalue weighted by Crippen LogP contribution is 2.53. The molecule has 5 rings (SSSR count). The van der Waals surface area contributed by atoms with Crippen LogP contribution in [-0.4, -0.2) is 24.5 Å². The number of aryl methyl sites for hydroxylation is 1. The van der Waals surface area contributed by atoms with Crippen molar-refractivity contribution in [3.63, 3.8) is 0 Å². The maximum absolute atomic E-state index is 14.0. The second-order valence-electron chi connectivity index (χ2n) is 10.3. The highest BCUT2D eigenvalue weighted by Gasteiger charge is 2.59. The standard InChI is InChI=1S/C29H30O5/c1-28(2,3)34-27(31)29(17-19-8-5-6-9-21(19)26(29)30)23-10-7-11-24-22(23)16-25(33-24)18-12-14-20(32-4)15-13-18/h5-6,8-9,12-16,23H,7,10-11,17H2,1-4H3/t23-,29+/m1/s1. The number of ketones is 1. The number of carbonyl (C=O) groups excluding carboxylic acids is 2. The molecule has 3 aromatic rings. The predicted octanol–water partition coefficient (Wildman–Crippen LogP) is 6.14. The number of ether oxygens (including phenoxy) is 2. The lowest BCUT2D eigenvalue weighted by atomic mass is 9.65. The van der Waals surface area contributed by atoms with E-state index in [4.69, 9.17) is 13.9 Å². The molecular weight excluding hydrogens is 428 g/mol. The first-order valence-corrected chi connectivity index (χ1v) is 11.9. The second-order valence-corrected chi connectivity index (χ2v) is 10.3. The third-order valence-electron chi connectivity index (χ3n) is 6.98. The highest BCUT2D eigenvalue weighted by molar-refractivity contribution is 6.17. The van der Waals surface area contributed by atoms with Crippen LogP contribution in [0.25, 0.3) is 11.3 Å². The van der Waals surface area contributed by atoms with Gasteiger partial charge in [-0.2, -0.15) is 0 Å². The Bertz CT molecular complexity index is 1240. The molecule has 0 saturated carbocycles. The summed E-state index contributed by atoms with van der Waals surface area (Å²) in [6, 6.07) is 17.3. The summed E-state index contributed by atoms with van der Waals surface area (Å²) in [5.41, 5.74) is 1.43. The molecule has 34 heavy (non-hydrogen) atoms. The van der Waals surface area contributed by atoms with Crippen LogP contribution in [0, 0.1) is 5.41 Å². The van der Waals surface area contributed by atoms with E-state index < -0.39 is 17.0 Å². The van der Waals surface area contributed by atoms with E-state index in [9.17, 15) is 9.59 Å². The van der Waals surface area contributed by atoms with Crippen molar-refractivity contribution in [1.82, 2.24) is 0 Å². The van der Waals surface area contributed by atoms with Crippen LogP contribution in [0.4, 0.5) is 0 Å². The van der Waals surface area contributed by atoms with Gasteiger partial charge in [0, 0.05) is 23.5 Å². The molecule has 0 radical (unpaired) electrons. The summed E-state index contributed by atoms with van der Waals surface area (Å²) in [7, 11) is 1.64. The third kappa shape index (κ3) is 3.64. The van der Waals surface area contributed by atoms with Crippen LogP contribution >= 0.6 is 0 Å². The molecule has 0 amide bonds. The Labute approximate surface area is 200 Å². The normalized spacial score (nSPS) is 21.6. The van der Waals surface area contributed by atoms with Crippen molar-refractivity contribution < 1.29 is 23.5 Å². The molecular formula is C29H30O5. The summed E-state index contributed by atoms with van der Waals surface area (Å²) < 4.78 is 17.5. The Balaban J connectivity index is 1.61. The van der Waals surface area contributed by atoms with E-state index in [1.54, 1.807) is 7.11 Å². The van der Waals surface area contributed by atoms with E-state index in [1.165, 1.54) is 0 Å². The topological polar surface area (TPSA) is 65.7 Å². The predicted molar refractivity (Wildman–Crippen MR) is 129 cm³/mol. The van der Waals surface area contributed by atoms with Gasteiger partial charge in [0.1, 0.15) is 28.3 Å². The van der Waals surface area contributed by atoms with Crippen LogP contribution < -0.4 is 4.74 Å². The minimum atomic E-state index is -1.28. The highest BCUT2D eigenvalue weighted by atomic mass is 16.6. The molecule has 1 aromatic heterocycles. The number of carbonyl (C=O) groups is 2. The number of esters is 1. The van der Waals surface area contributed by atoms with Gasteiger partial charge >= 0.3 is 5.97 Å². The van der Waals surface area contributed by atoms with E-state index in [1.807, 2.05) is 75.4 Å². The van der Waals surface area contributed by atoms with Crippen LogP contribution in [0.15, 0.2) is 59.0 Å². The fourth-order valence-electron chi connectivity index (χ4n) is 5.44. The number of Topliss-reactive ketones (excluding diaryl/α,β-unsaturated/α-hetero) is 1. The molecule has 0 bridgehead atoms.